The molecule has 0 saturated heterocycles. The van der Waals surface area contributed by atoms with Gasteiger partial charge in [-0.1, -0.05) is 41.9 Å². The van der Waals surface area contributed by atoms with Gasteiger partial charge in [-0.15, -0.1) is 11.3 Å². The number of nitrogens with zero attached hydrogens (tertiary/aromatic N) is 1. The number of aryl methyl sites for hydroxylation is 1. The molecule has 114 valence electrons. The summed E-state index contributed by atoms with van der Waals surface area (Å²) in [5.74, 6) is 1.18. The zero-order valence-corrected chi connectivity index (χ0v) is 15.3. The van der Waals surface area contributed by atoms with Crippen LogP contribution in [0.2, 0.25) is 0 Å². The zero-order valence-electron chi connectivity index (χ0n) is 12.9. The van der Waals surface area contributed by atoms with Gasteiger partial charge in [-0.25, -0.2) is 4.98 Å². The van der Waals surface area contributed by atoms with Crippen LogP contribution in [0.3, 0.4) is 0 Å². The SMILES string of the molecule is Cc1ncc(CC(CNCC(C)C)c2ccc(Br)cc2)s1. The first-order valence-corrected chi connectivity index (χ1v) is 9.03. The van der Waals surface area contributed by atoms with Gasteiger partial charge in [-0.3, -0.25) is 0 Å². The molecule has 0 bridgehead atoms. The minimum Gasteiger partial charge on any atom is -0.316 e. The lowest BCUT2D eigenvalue weighted by Crippen LogP contribution is -2.26. The van der Waals surface area contributed by atoms with E-state index in [1.54, 1.807) is 11.3 Å². The Morgan fingerprint density at radius 3 is 2.48 bits per heavy atom. The lowest BCUT2D eigenvalue weighted by atomic mass is 9.95. The van der Waals surface area contributed by atoms with E-state index < -0.39 is 0 Å². The van der Waals surface area contributed by atoms with Crippen molar-refractivity contribution < 1.29 is 0 Å². The summed E-state index contributed by atoms with van der Waals surface area (Å²) >= 11 is 5.32. The van der Waals surface area contributed by atoms with E-state index in [-0.39, 0.29) is 0 Å². The van der Waals surface area contributed by atoms with Gasteiger partial charge in [0.25, 0.3) is 0 Å². The van der Waals surface area contributed by atoms with E-state index in [0.717, 1.165) is 29.0 Å². The summed E-state index contributed by atoms with van der Waals surface area (Å²) in [5, 5.41) is 4.75. The molecule has 0 fully saturated rings. The third kappa shape index (κ3) is 5.53. The summed E-state index contributed by atoms with van der Waals surface area (Å²) in [6.45, 7) is 8.63. The fourth-order valence-electron chi connectivity index (χ4n) is 2.33. The molecule has 0 spiro atoms. The lowest BCUT2D eigenvalue weighted by Gasteiger charge is -2.18. The van der Waals surface area contributed by atoms with E-state index in [4.69, 9.17) is 0 Å². The number of halogens is 1. The van der Waals surface area contributed by atoms with Crippen molar-refractivity contribution in [3.05, 3.63) is 50.4 Å². The van der Waals surface area contributed by atoms with Crippen molar-refractivity contribution in [3.63, 3.8) is 0 Å². The Hall–Kier alpha value is -0.710. The number of nitrogens with one attached hydrogen (secondary N) is 1. The molecule has 0 amide bonds. The van der Waals surface area contributed by atoms with E-state index in [1.165, 1.54) is 10.4 Å². The van der Waals surface area contributed by atoms with E-state index >= 15 is 0 Å². The van der Waals surface area contributed by atoms with E-state index in [2.05, 4.69) is 71.3 Å². The highest BCUT2D eigenvalue weighted by Crippen LogP contribution is 2.25. The highest BCUT2D eigenvalue weighted by atomic mass is 79.9. The maximum absolute atomic E-state index is 4.38. The third-order valence-electron chi connectivity index (χ3n) is 3.40. The molecule has 2 rings (SSSR count). The molecule has 1 aromatic carbocycles. The molecular weight excluding hydrogens is 344 g/mol. The van der Waals surface area contributed by atoms with Gasteiger partial charge in [-0.2, -0.15) is 0 Å². The van der Waals surface area contributed by atoms with Crippen LogP contribution in [0.15, 0.2) is 34.9 Å². The molecule has 4 heteroatoms. The van der Waals surface area contributed by atoms with E-state index in [0.29, 0.717) is 11.8 Å². The maximum atomic E-state index is 4.38. The number of thiazole rings is 1. The van der Waals surface area contributed by atoms with Gasteiger partial charge in [-0.05, 0) is 43.5 Å². The predicted molar refractivity (Wildman–Crippen MR) is 95.1 cm³/mol. The van der Waals surface area contributed by atoms with E-state index in [9.17, 15) is 0 Å². The summed E-state index contributed by atoms with van der Waals surface area (Å²) in [4.78, 5) is 5.74. The molecule has 0 aliphatic heterocycles. The number of aromatic nitrogens is 1. The van der Waals surface area contributed by atoms with Crippen LogP contribution >= 0.6 is 27.3 Å². The number of hydrogen-bond acceptors (Lipinski definition) is 3. The molecule has 0 aliphatic carbocycles. The Labute approximate surface area is 140 Å². The summed E-state index contributed by atoms with van der Waals surface area (Å²) in [7, 11) is 0. The minimum absolute atomic E-state index is 0.497. The smallest absolute Gasteiger partial charge is 0.0896 e. The van der Waals surface area contributed by atoms with Gasteiger partial charge >= 0.3 is 0 Å². The van der Waals surface area contributed by atoms with Gasteiger partial charge in [0.15, 0.2) is 0 Å². The second-order valence-electron chi connectivity index (χ2n) is 5.85. The van der Waals surface area contributed by atoms with Crippen LogP contribution in [0.1, 0.15) is 35.2 Å². The summed E-state index contributed by atoms with van der Waals surface area (Å²) in [5.41, 5.74) is 1.39. The molecule has 2 aromatic rings. The second kappa shape index (κ2) is 8.06. The van der Waals surface area contributed by atoms with Gasteiger partial charge in [0.05, 0.1) is 5.01 Å². The van der Waals surface area contributed by atoms with Crippen LogP contribution in [0.4, 0.5) is 0 Å². The topological polar surface area (TPSA) is 24.9 Å². The van der Waals surface area contributed by atoms with Crippen molar-refractivity contribution in [1.82, 2.24) is 10.3 Å². The number of hydrogen-bond donors (Lipinski definition) is 1. The summed E-state index contributed by atoms with van der Waals surface area (Å²) in [6.07, 6.45) is 3.08. The minimum atomic E-state index is 0.497. The van der Waals surface area contributed by atoms with E-state index in [1.807, 2.05) is 6.20 Å². The van der Waals surface area contributed by atoms with Crippen LogP contribution < -0.4 is 5.32 Å². The molecule has 21 heavy (non-hydrogen) atoms. The van der Waals surface area contributed by atoms with Crippen LogP contribution in [0.25, 0.3) is 0 Å². The molecule has 0 saturated carbocycles. The zero-order chi connectivity index (χ0) is 15.2. The van der Waals surface area contributed by atoms with Crippen LogP contribution in [-0.2, 0) is 6.42 Å². The second-order valence-corrected chi connectivity index (χ2v) is 8.09. The first-order valence-electron chi connectivity index (χ1n) is 7.42. The molecule has 2 nitrogen and oxygen atoms in total. The highest BCUT2D eigenvalue weighted by Gasteiger charge is 2.14. The van der Waals surface area contributed by atoms with Crippen molar-refractivity contribution >= 4 is 27.3 Å². The van der Waals surface area contributed by atoms with Gasteiger partial charge in [0.1, 0.15) is 0 Å². The molecule has 1 atom stereocenters. The van der Waals surface area contributed by atoms with Gasteiger partial charge < -0.3 is 5.32 Å². The fraction of sp³-hybridized carbons (Fsp3) is 0.471. The van der Waals surface area contributed by atoms with Crippen LogP contribution in [0.5, 0.6) is 0 Å². The Bertz CT molecular complexity index is 548. The Balaban J connectivity index is 2.07. The van der Waals surface area contributed by atoms with Crippen molar-refractivity contribution in [2.24, 2.45) is 5.92 Å². The van der Waals surface area contributed by atoms with Gasteiger partial charge in [0, 0.05) is 28.0 Å². The molecule has 1 unspecified atom stereocenters. The maximum Gasteiger partial charge on any atom is 0.0896 e. The Morgan fingerprint density at radius 2 is 1.90 bits per heavy atom. The normalized spacial score (nSPS) is 12.8. The first-order chi connectivity index (χ1) is 10.0. The summed E-state index contributed by atoms with van der Waals surface area (Å²) in [6, 6.07) is 8.70. The van der Waals surface area contributed by atoms with Crippen molar-refractivity contribution in [3.8, 4) is 0 Å². The van der Waals surface area contributed by atoms with Crippen molar-refractivity contribution in [1.29, 1.82) is 0 Å². The monoisotopic (exact) mass is 366 g/mol. The van der Waals surface area contributed by atoms with Crippen molar-refractivity contribution in [2.45, 2.75) is 33.1 Å². The number of rotatable bonds is 7. The van der Waals surface area contributed by atoms with Crippen molar-refractivity contribution in [2.75, 3.05) is 13.1 Å². The third-order valence-corrected chi connectivity index (χ3v) is 4.87. The molecule has 1 heterocycles. The molecule has 0 aliphatic rings. The lowest BCUT2D eigenvalue weighted by molar-refractivity contribution is 0.515. The quantitative estimate of drug-likeness (QED) is 0.761. The average Bonchev–Trinajstić information content (AvgIpc) is 2.84. The molecule has 1 N–H and O–H groups in total. The van der Waals surface area contributed by atoms with Crippen LogP contribution in [0, 0.1) is 12.8 Å². The molecular formula is C17H23BrN2S. The first kappa shape index (κ1) is 16.7. The Kier molecular flexibility index (Phi) is 6.40. The predicted octanol–water partition coefficient (Wildman–Crippen LogP) is 4.79. The molecule has 0 radical (unpaired) electrons. The standard InChI is InChI=1S/C17H23BrN2S/c1-12(2)9-19-10-15(8-17-11-20-13(3)21-17)14-4-6-16(18)7-5-14/h4-7,11-12,15,19H,8-10H2,1-3H3. The average molecular weight is 367 g/mol. The Morgan fingerprint density at radius 1 is 1.19 bits per heavy atom. The number of benzene rings is 1. The van der Waals surface area contributed by atoms with Gasteiger partial charge in [0.2, 0.25) is 0 Å². The molecule has 1 aromatic heterocycles. The highest BCUT2D eigenvalue weighted by molar-refractivity contribution is 9.10. The fourth-order valence-corrected chi connectivity index (χ4v) is 3.47. The van der Waals surface area contributed by atoms with Crippen LogP contribution in [-0.4, -0.2) is 18.1 Å². The largest absolute Gasteiger partial charge is 0.316 e. The summed E-state index contributed by atoms with van der Waals surface area (Å²) < 4.78 is 1.13.